The molecule has 0 fully saturated rings. The van der Waals surface area contributed by atoms with E-state index in [1.165, 1.54) is 24.3 Å². The van der Waals surface area contributed by atoms with Gasteiger partial charge in [-0.25, -0.2) is 0 Å². The Bertz CT molecular complexity index is 316. The van der Waals surface area contributed by atoms with Gasteiger partial charge in [0, 0.05) is 11.6 Å². The van der Waals surface area contributed by atoms with Gasteiger partial charge >= 0.3 is 6.18 Å². The second-order valence-corrected chi connectivity index (χ2v) is 2.98. The first-order valence-corrected chi connectivity index (χ1v) is 4.00. The van der Waals surface area contributed by atoms with Gasteiger partial charge in [0.2, 0.25) is 0 Å². The summed E-state index contributed by atoms with van der Waals surface area (Å²) in [4.78, 5) is 0. The minimum atomic E-state index is -4.32. The van der Waals surface area contributed by atoms with E-state index in [-0.39, 0.29) is 23.7 Å². The molecule has 0 bridgehead atoms. The molecule has 15 heavy (non-hydrogen) atoms. The van der Waals surface area contributed by atoms with Crippen LogP contribution in [0.4, 0.5) is 13.2 Å². The van der Waals surface area contributed by atoms with Gasteiger partial charge in [-0.1, -0.05) is 18.2 Å². The van der Waals surface area contributed by atoms with Crippen LogP contribution in [0.2, 0.25) is 0 Å². The van der Waals surface area contributed by atoms with Crippen LogP contribution >= 0.6 is 12.4 Å². The van der Waals surface area contributed by atoms with Gasteiger partial charge in [0.15, 0.2) is 0 Å². The molecule has 1 atom stereocenters. The lowest BCUT2D eigenvalue weighted by atomic mass is 10.0. The molecule has 86 valence electrons. The quantitative estimate of drug-likeness (QED) is 0.836. The third kappa shape index (κ3) is 4.40. The lowest BCUT2D eigenvalue weighted by Gasteiger charge is -2.15. The Balaban J connectivity index is 0.00000196. The summed E-state index contributed by atoms with van der Waals surface area (Å²) in [7, 11) is 0. The SMILES string of the molecule is Cl.N[C@@H](CC(F)(F)F)c1ccccc1O. The predicted molar refractivity (Wildman–Crippen MR) is 53.0 cm³/mol. The molecule has 0 unspecified atom stereocenters. The van der Waals surface area contributed by atoms with Crippen molar-refractivity contribution in [2.45, 2.75) is 18.6 Å². The van der Waals surface area contributed by atoms with Gasteiger partial charge in [0.1, 0.15) is 5.75 Å². The molecule has 2 nitrogen and oxygen atoms in total. The molecule has 0 aliphatic heterocycles. The van der Waals surface area contributed by atoms with Crippen LogP contribution in [-0.2, 0) is 0 Å². The van der Waals surface area contributed by atoms with E-state index in [0.717, 1.165) is 0 Å². The lowest BCUT2D eigenvalue weighted by Crippen LogP contribution is -2.20. The summed E-state index contributed by atoms with van der Waals surface area (Å²) in [5.74, 6) is -0.204. The zero-order valence-electron chi connectivity index (χ0n) is 7.66. The van der Waals surface area contributed by atoms with Crippen LogP contribution in [0.15, 0.2) is 24.3 Å². The van der Waals surface area contributed by atoms with Gasteiger partial charge in [0.25, 0.3) is 0 Å². The van der Waals surface area contributed by atoms with E-state index in [9.17, 15) is 18.3 Å². The molecule has 0 aliphatic rings. The maximum atomic E-state index is 12.0. The number of alkyl halides is 3. The molecule has 0 saturated heterocycles. The number of para-hydroxylation sites is 1. The van der Waals surface area contributed by atoms with Crippen molar-refractivity contribution in [3.05, 3.63) is 29.8 Å². The van der Waals surface area contributed by atoms with E-state index in [0.29, 0.717) is 0 Å². The Morgan fingerprint density at radius 3 is 2.27 bits per heavy atom. The van der Waals surface area contributed by atoms with Crippen LogP contribution in [0.3, 0.4) is 0 Å². The minimum absolute atomic E-state index is 0. The van der Waals surface area contributed by atoms with Crippen LogP contribution in [0.25, 0.3) is 0 Å². The normalized spacial score (nSPS) is 13.1. The number of phenolic OH excluding ortho intramolecular Hbond substituents is 1. The number of hydrogen-bond donors (Lipinski definition) is 2. The Kier molecular flexibility index (Phi) is 4.90. The van der Waals surface area contributed by atoms with E-state index < -0.39 is 18.6 Å². The van der Waals surface area contributed by atoms with Crippen molar-refractivity contribution in [2.75, 3.05) is 0 Å². The summed E-state index contributed by atoms with van der Waals surface area (Å²) in [6.45, 7) is 0. The van der Waals surface area contributed by atoms with Crippen LogP contribution in [-0.4, -0.2) is 11.3 Å². The van der Waals surface area contributed by atoms with Gasteiger partial charge in [-0.3, -0.25) is 0 Å². The molecular formula is C9H11ClF3NO. The molecule has 1 rings (SSSR count). The van der Waals surface area contributed by atoms with Gasteiger partial charge in [0.05, 0.1) is 6.42 Å². The average Bonchev–Trinajstić information content (AvgIpc) is 2.01. The van der Waals surface area contributed by atoms with Crippen molar-refractivity contribution in [1.82, 2.24) is 0 Å². The van der Waals surface area contributed by atoms with Crippen molar-refractivity contribution in [2.24, 2.45) is 5.73 Å². The molecule has 0 spiro atoms. The maximum absolute atomic E-state index is 12.0. The molecule has 1 aromatic carbocycles. The highest BCUT2D eigenvalue weighted by Gasteiger charge is 2.31. The Hall–Kier alpha value is -0.940. The molecule has 6 heteroatoms. The Labute approximate surface area is 91.3 Å². The van der Waals surface area contributed by atoms with Crippen molar-refractivity contribution in [3.8, 4) is 5.75 Å². The summed E-state index contributed by atoms with van der Waals surface area (Å²) in [5, 5.41) is 9.23. The summed E-state index contributed by atoms with van der Waals surface area (Å²) in [6, 6.07) is 4.54. The molecule has 0 aromatic heterocycles. The topological polar surface area (TPSA) is 46.2 Å². The summed E-state index contributed by atoms with van der Waals surface area (Å²) in [6.07, 6.45) is -5.45. The largest absolute Gasteiger partial charge is 0.508 e. The second kappa shape index (κ2) is 5.23. The van der Waals surface area contributed by atoms with Crippen molar-refractivity contribution in [1.29, 1.82) is 0 Å². The van der Waals surface area contributed by atoms with Crippen LogP contribution in [0.1, 0.15) is 18.0 Å². The molecule has 1 aromatic rings. The fourth-order valence-electron chi connectivity index (χ4n) is 1.16. The molecule has 0 radical (unpaired) electrons. The van der Waals surface area contributed by atoms with Gasteiger partial charge in [-0.05, 0) is 6.07 Å². The summed E-state index contributed by atoms with van der Waals surface area (Å²) >= 11 is 0. The predicted octanol–water partition coefficient (Wildman–Crippen LogP) is 2.77. The third-order valence-electron chi connectivity index (χ3n) is 1.79. The number of phenols is 1. The highest BCUT2D eigenvalue weighted by molar-refractivity contribution is 5.85. The molecular weight excluding hydrogens is 231 g/mol. The molecule has 3 N–H and O–H groups in total. The number of benzene rings is 1. The molecule has 0 aliphatic carbocycles. The number of nitrogens with two attached hydrogens (primary N) is 1. The van der Waals surface area contributed by atoms with Gasteiger partial charge in [-0.15, -0.1) is 12.4 Å². The highest BCUT2D eigenvalue weighted by atomic mass is 35.5. The first-order valence-electron chi connectivity index (χ1n) is 4.00. The summed E-state index contributed by atoms with van der Waals surface area (Å²) in [5.41, 5.74) is 5.42. The van der Waals surface area contributed by atoms with Crippen molar-refractivity contribution in [3.63, 3.8) is 0 Å². The fraction of sp³-hybridized carbons (Fsp3) is 0.333. The average molecular weight is 242 g/mol. The zero-order valence-corrected chi connectivity index (χ0v) is 8.48. The van der Waals surface area contributed by atoms with E-state index in [4.69, 9.17) is 5.73 Å². The zero-order chi connectivity index (χ0) is 10.8. The minimum Gasteiger partial charge on any atom is -0.508 e. The van der Waals surface area contributed by atoms with Crippen LogP contribution in [0.5, 0.6) is 5.75 Å². The highest BCUT2D eigenvalue weighted by Crippen LogP contribution is 2.31. The lowest BCUT2D eigenvalue weighted by molar-refractivity contribution is -0.138. The number of aromatic hydroxyl groups is 1. The second-order valence-electron chi connectivity index (χ2n) is 2.98. The van der Waals surface area contributed by atoms with Gasteiger partial charge in [-0.2, -0.15) is 13.2 Å². The maximum Gasteiger partial charge on any atom is 0.390 e. The van der Waals surface area contributed by atoms with E-state index in [1.54, 1.807) is 0 Å². The number of hydrogen-bond acceptors (Lipinski definition) is 2. The third-order valence-corrected chi connectivity index (χ3v) is 1.79. The number of rotatable bonds is 2. The van der Waals surface area contributed by atoms with Crippen molar-refractivity contribution < 1.29 is 18.3 Å². The smallest absolute Gasteiger partial charge is 0.390 e. The number of halogens is 4. The van der Waals surface area contributed by atoms with Crippen LogP contribution in [0, 0.1) is 0 Å². The fourth-order valence-corrected chi connectivity index (χ4v) is 1.16. The monoisotopic (exact) mass is 241 g/mol. The molecule has 0 heterocycles. The Morgan fingerprint density at radius 1 is 1.27 bits per heavy atom. The van der Waals surface area contributed by atoms with E-state index in [1.807, 2.05) is 0 Å². The molecule has 0 amide bonds. The van der Waals surface area contributed by atoms with Crippen LogP contribution < -0.4 is 5.73 Å². The van der Waals surface area contributed by atoms with E-state index >= 15 is 0 Å². The first-order chi connectivity index (χ1) is 6.40. The van der Waals surface area contributed by atoms with E-state index in [2.05, 4.69) is 0 Å². The summed E-state index contributed by atoms with van der Waals surface area (Å²) < 4.78 is 35.9. The standard InChI is InChI=1S/C9H10F3NO.ClH/c10-9(11,12)5-7(13)6-3-1-2-4-8(6)14;/h1-4,7,14H,5,13H2;1H/t7-;/m0./s1. The Morgan fingerprint density at radius 2 is 1.80 bits per heavy atom. The van der Waals surface area contributed by atoms with Gasteiger partial charge < -0.3 is 10.8 Å². The first kappa shape index (κ1) is 14.1. The van der Waals surface area contributed by atoms with Crippen molar-refractivity contribution >= 4 is 12.4 Å². The molecule has 0 saturated carbocycles.